The Labute approximate surface area is 152 Å². The van der Waals surface area contributed by atoms with Crippen molar-refractivity contribution in [2.45, 2.75) is 26.2 Å². The van der Waals surface area contributed by atoms with E-state index in [9.17, 15) is 9.59 Å². The fourth-order valence-corrected chi connectivity index (χ4v) is 2.73. The van der Waals surface area contributed by atoms with Gasteiger partial charge in [0.25, 0.3) is 11.8 Å². The number of anilines is 1. The summed E-state index contributed by atoms with van der Waals surface area (Å²) in [6, 6.07) is 14.6. The Balaban J connectivity index is 1.85. The molecule has 0 fully saturated rings. The second kappa shape index (κ2) is 8.29. The summed E-state index contributed by atoms with van der Waals surface area (Å²) in [6.07, 6.45) is 4.81. The minimum absolute atomic E-state index is 0.218. The Morgan fingerprint density at radius 2 is 1.77 bits per heavy atom. The first-order chi connectivity index (χ1) is 12.7. The molecule has 0 spiro atoms. The van der Waals surface area contributed by atoms with Crippen LogP contribution in [0.4, 0.5) is 5.69 Å². The lowest BCUT2D eigenvalue weighted by Crippen LogP contribution is -2.26. The normalized spacial score (nSPS) is 10.7. The maximum absolute atomic E-state index is 12.6. The number of fused-ring (bicyclic) bond motifs is 1. The van der Waals surface area contributed by atoms with Gasteiger partial charge in [0.2, 0.25) is 5.82 Å². The highest BCUT2D eigenvalue weighted by atomic mass is 16.2. The number of amides is 2. The van der Waals surface area contributed by atoms with Gasteiger partial charge in [0.05, 0.1) is 5.52 Å². The molecule has 2 aromatic heterocycles. The molecule has 0 radical (unpaired) electrons. The first-order valence-corrected chi connectivity index (χ1v) is 8.82. The number of hydrogen-bond acceptors (Lipinski definition) is 3. The summed E-state index contributed by atoms with van der Waals surface area (Å²) in [5.74, 6) is -0.402. The summed E-state index contributed by atoms with van der Waals surface area (Å²) in [4.78, 5) is 29.5. The number of unbranched alkanes of at least 4 members (excludes halogenated alkanes) is 2. The predicted molar refractivity (Wildman–Crippen MR) is 101 cm³/mol. The lowest BCUT2D eigenvalue weighted by atomic mass is 10.2. The number of imidazole rings is 1. The molecule has 0 atom stereocenters. The molecule has 2 amide bonds. The van der Waals surface area contributed by atoms with Crippen molar-refractivity contribution in [1.82, 2.24) is 14.7 Å². The van der Waals surface area contributed by atoms with E-state index in [1.807, 2.05) is 24.3 Å². The smallest absolute Gasteiger partial charge is 0.287 e. The van der Waals surface area contributed by atoms with Gasteiger partial charge in [-0.1, -0.05) is 44.0 Å². The first-order valence-electron chi connectivity index (χ1n) is 8.82. The lowest BCUT2D eigenvalue weighted by Gasteiger charge is -2.03. The van der Waals surface area contributed by atoms with Crippen LogP contribution in [-0.4, -0.2) is 27.7 Å². The highest BCUT2D eigenvalue weighted by molar-refractivity contribution is 6.08. The van der Waals surface area contributed by atoms with Crippen LogP contribution in [0.5, 0.6) is 0 Å². The zero-order chi connectivity index (χ0) is 18.4. The second-order valence-electron chi connectivity index (χ2n) is 6.02. The number of hydrogen-bond donors (Lipinski definition) is 2. The van der Waals surface area contributed by atoms with E-state index >= 15 is 0 Å². The minimum Gasteiger partial charge on any atom is -0.349 e. The molecule has 6 heteroatoms. The van der Waals surface area contributed by atoms with Gasteiger partial charge in [0.15, 0.2) is 5.69 Å². The van der Waals surface area contributed by atoms with Crippen molar-refractivity contribution in [3.63, 3.8) is 0 Å². The second-order valence-corrected chi connectivity index (χ2v) is 6.02. The van der Waals surface area contributed by atoms with Crippen LogP contribution in [0.2, 0.25) is 0 Å². The van der Waals surface area contributed by atoms with Gasteiger partial charge < -0.3 is 10.6 Å². The molecule has 3 aromatic rings. The fourth-order valence-electron chi connectivity index (χ4n) is 2.73. The van der Waals surface area contributed by atoms with E-state index in [0.717, 1.165) is 19.3 Å². The molecule has 0 aliphatic heterocycles. The fraction of sp³-hybridized carbons (Fsp3) is 0.250. The molecular formula is C20H22N4O2. The molecular weight excluding hydrogens is 328 g/mol. The Kier molecular flexibility index (Phi) is 5.63. The molecule has 0 unspecified atom stereocenters. The van der Waals surface area contributed by atoms with Crippen molar-refractivity contribution in [3.05, 3.63) is 66.2 Å². The third kappa shape index (κ3) is 3.91. The largest absolute Gasteiger partial charge is 0.349 e. The molecule has 134 valence electrons. The van der Waals surface area contributed by atoms with Gasteiger partial charge in [-0.25, -0.2) is 4.98 Å². The SMILES string of the molecule is CCCCCNC(=O)c1nc(C(=O)Nc2ccccc2)c2ccccn12. The zero-order valence-electron chi connectivity index (χ0n) is 14.7. The monoisotopic (exact) mass is 350 g/mol. The highest BCUT2D eigenvalue weighted by Crippen LogP contribution is 2.16. The molecule has 3 rings (SSSR count). The van der Waals surface area contributed by atoms with E-state index < -0.39 is 0 Å². The van der Waals surface area contributed by atoms with E-state index in [1.54, 1.807) is 34.9 Å². The van der Waals surface area contributed by atoms with Gasteiger partial charge >= 0.3 is 0 Å². The number of para-hydroxylation sites is 1. The standard InChI is InChI=1S/C20H22N4O2/c1-2-3-8-13-21-20(26)18-23-17(16-12-7-9-14-24(16)18)19(25)22-15-10-5-4-6-11-15/h4-7,9-12,14H,2-3,8,13H2,1H3,(H,21,26)(H,22,25). The maximum atomic E-state index is 12.6. The number of pyridine rings is 1. The van der Waals surface area contributed by atoms with Gasteiger partial charge in [-0.3, -0.25) is 14.0 Å². The molecule has 2 N–H and O–H groups in total. The first kappa shape index (κ1) is 17.7. The Bertz CT molecular complexity index is 903. The molecule has 26 heavy (non-hydrogen) atoms. The lowest BCUT2D eigenvalue weighted by molar-refractivity contribution is 0.0942. The molecule has 0 aliphatic rings. The molecule has 1 aromatic carbocycles. The van der Waals surface area contributed by atoms with Crippen molar-refractivity contribution in [2.75, 3.05) is 11.9 Å². The van der Waals surface area contributed by atoms with Gasteiger partial charge in [0.1, 0.15) is 0 Å². The predicted octanol–water partition coefficient (Wildman–Crippen LogP) is 3.51. The van der Waals surface area contributed by atoms with Crippen LogP contribution >= 0.6 is 0 Å². The van der Waals surface area contributed by atoms with Crippen LogP contribution < -0.4 is 10.6 Å². The van der Waals surface area contributed by atoms with Gasteiger partial charge in [0, 0.05) is 18.4 Å². The quantitative estimate of drug-likeness (QED) is 0.640. The van der Waals surface area contributed by atoms with Crippen LogP contribution in [0, 0.1) is 0 Å². The van der Waals surface area contributed by atoms with Crippen LogP contribution in [0.1, 0.15) is 47.3 Å². The van der Waals surface area contributed by atoms with Crippen molar-refractivity contribution < 1.29 is 9.59 Å². The van der Waals surface area contributed by atoms with E-state index in [-0.39, 0.29) is 23.3 Å². The molecule has 6 nitrogen and oxygen atoms in total. The molecule has 0 saturated heterocycles. The maximum Gasteiger partial charge on any atom is 0.287 e. The van der Waals surface area contributed by atoms with Crippen molar-refractivity contribution in [2.24, 2.45) is 0 Å². The van der Waals surface area contributed by atoms with E-state index in [4.69, 9.17) is 0 Å². The topological polar surface area (TPSA) is 75.5 Å². The van der Waals surface area contributed by atoms with Crippen LogP contribution in [-0.2, 0) is 0 Å². The summed E-state index contributed by atoms with van der Waals surface area (Å²) in [5, 5.41) is 5.69. The highest BCUT2D eigenvalue weighted by Gasteiger charge is 2.21. The van der Waals surface area contributed by atoms with E-state index in [1.165, 1.54) is 0 Å². The molecule has 0 bridgehead atoms. The van der Waals surface area contributed by atoms with Gasteiger partial charge in [-0.15, -0.1) is 0 Å². The molecule has 0 saturated carbocycles. The minimum atomic E-state index is -0.343. The summed E-state index contributed by atoms with van der Waals surface area (Å²) < 4.78 is 1.65. The van der Waals surface area contributed by atoms with Crippen molar-refractivity contribution in [1.29, 1.82) is 0 Å². The summed E-state index contributed by atoms with van der Waals surface area (Å²) >= 11 is 0. The average Bonchev–Trinajstić information content (AvgIpc) is 3.06. The van der Waals surface area contributed by atoms with Gasteiger partial charge in [-0.05, 0) is 30.7 Å². The number of nitrogens with zero attached hydrogens (tertiary/aromatic N) is 2. The third-order valence-corrected chi connectivity index (χ3v) is 4.06. The summed E-state index contributed by atoms with van der Waals surface area (Å²) in [6.45, 7) is 2.71. The Morgan fingerprint density at radius 3 is 2.54 bits per heavy atom. The summed E-state index contributed by atoms with van der Waals surface area (Å²) in [5.41, 5.74) is 1.51. The van der Waals surface area contributed by atoms with E-state index in [2.05, 4.69) is 22.5 Å². The molecule has 0 aliphatic carbocycles. The zero-order valence-corrected chi connectivity index (χ0v) is 14.7. The van der Waals surface area contributed by atoms with Crippen LogP contribution in [0.3, 0.4) is 0 Å². The number of carbonyl (C=O) groups excluding carboxylic acids is 2. The molecule has 2 heterocycles. The number of rotatable bonds is 7. The number of carbonyl (C=O) groups is 2. The Hall–Kier alpha value is -3.15. The van der Waals surface area contributed by atoms with Crippen LogP contribution in [0.15, 0.2) is 54.7 Å². The van der Waals surface area contributed by atoms with Crippen molar-refractivity contribution >= 4 is 23.0 Å². The summed E-state index contributed by atoms with van der Waals surface area (Å²) in [7, 11) is 0. The van der Waals surface area contributed by atoms with Crippen molar-refractivity contribution in [3.8, 4) is 0 Å². The number of aromatic nitrogens is 2. The Morgan fingerprint density at radius 1 is 1.00 bits per heavy atom. The van der Waals surface area contributed by atoms with E-state index in [0.29, 0.717) is 17.7 Å². The number of benzene rings is 1. The third-order valence-electron chi connectivity index (χ3n) is 4.06. The van der Waals surface area contributed by atoms with Gasteiger partial charge in [-0.2, -0.15) is 0 Å². The number of nitrogens with one attached hydrogen (secondary N) is 2. The average molecular weight is 350 g/mol. The van der Waals surface area contributed by atoms with Crippen LogP contribution in [0.25, 0.3) is 5.52 Å².